The molecule has 0 aromatic heterocycles. The number of alkyl halides is 7. The van der Waals surface area contributed by atoms with Gasteiger partial charge in [-0.3, -0.25) is 0 Å². The lowest BCUT2D eigenvalue weighted by atomic mass is 9.86. The van der Waals surface area contributed by atoms with Gasteiger partial charge in [0.05, 0.1) is 5.54 Å². The molecule has 1 nitrogen and oxygen atoms in total. The lowest BCUT2D eigenvalue weighted by Crippen LogP contribution is -2.66. The third-order valence-electron chi connectivity index (χ3n) is 2.87. The molecule has 0 aromatic rings. The average Bonchev–Trinajstić information content (AvgIpc) is 2.51. The van der Waals surface area contributed by atoms with Gasteiger partial charge in [0.25, 0.3) is 0 Å². The van der Waals surface area contributed by atoms with E-state index >= 15 is 0 Å². The molecule has 96 valence electrons. The average molecular weight is 253 g/mol. The molecule has 1 rings (SSSR count). The van der Waals surface area contributed by atoms with Gasteiger partial charge in [0, 0.05) is 0 Å². The molecule has 0 spiro atoms. The number of nitrogens with two attached hydrogens (primary N) is 1. The van der Waals surface area contributed by atoms with Gasteiger partial charge in [0.2, 0.25) is 0 Å². The number of halogens is 7. The van der Waals surface area contributed by atoms with Gasteiger partial charge in [-0.2, -0.15) is 30.7 Å². The standard InChI is InChI=1S/C8H10F7N/c9-6(10,5(16)3-1-2-4-5)7(11,12)8(13,14)15/h1-4,16H2. The fourth-order valence-corrected chi connectivity index (χ4v) is 1.81. The highest BCUT2D eigenvalue weighted by molar-refractivity contribution is 5.09. The smallest absolute Gasteiger partial charge is 0.320 e. The third-order valence-corrected chi connectivity index (χ3v) is 2.87. The van der Waals surface area contributed by atoms with Crippen LogP contribution in [0.1, 0.15) is 25.7 Å². The predicted molar refractivity (Wildman–Crippen MR) is 41.3 cm³/mol. The van der Waals surface area contributed by atoms with Gasteiger partial charge in [0.15, 0.2) is 0 Å². The maximum Gasteiger partial charge on any atom is 0.459 e. The predicted octanol–water partition coefficient (Wildman–Crippen LogP) is 3.09. The van der Waals surface area contributed by atoms with Gasteiger partial charge in [0.1, 0.15) is 0 Å². The maximum atomic E-state index is 13.2. The minimum atomic E-state index is -6.30. The summed E-state index contributed by atoms with van der Waals surface area (Å²) in [5.41, 5.74) is 2.22. The molecule has 8 heteroatoms. The largest absolute Gasteiger partial charge is 0.459 e. The van der Waals surface area contributed by atoms with Gasteiger partial charge in [-0.25, -0.2) is 0 Å². The van der Waals surface area contributed by atoms with E-state index in [0.29, 0.717) is 0 Å². The summed E-state index contributed by atoms with van der Waals surface area (Å²) in [6.07, 6.45) is -7.12. The highest BCUT2D eigenvalue weighted by atomic mass is 19.4. The van der Waals surface area contributed by atoms with Crippen LogP contribution in [0.2, 0.25) is 0 Å². The summed E-state index contributed by atoms with van der Waals surface area (Å²) in [6, 6.07) is 0. The summed E-state index contributed by atoms with van der Waals surface area (Å²) in [5, 5.41) is 0. The molecule has 0 amide bonds. The van der Waals surface area contributed by atoms with E-state index < -0.39 is 36.4 Å². The number of rotatable bonds is 2. The van der Waals surface area contributed by atoms with Crippen molar-refractivity contribution < 1.29 is 30.7 Å². The van der Waals surface area contributed by atoms with E-state index in [9.17, 15) is 30.7 Å². The van der Waals surface area contributed by atoms with Gasteiger partial charge in [-0.15, -0.1) is 0 Å². The highest BCUT2D eigenvalue weighted by Crippen LogP contribution is 2.54. The van der Waals surface area contributed by atoms with Crippen LogP contribution < -0.4 is 5.73 Å². The second-order valence-electron chi connectivity index (χ2n) is 4.01. The number of hydrogen-bond donors (Lipinski definition) is 1. The fraction of sp³-hybridized carbons (Fsp3) is 1.00. The van der Waals surface area contributed by atoms with E-state index in [1.165, 1.54) is 0 Å². The molecular weight excluding hydrogens is 243 g/mol. The highest BCUT2D eigenvalue weighted by Gasteiger charge is 2.78. The summed E-state index contributed by atoms with van der Waals surface area (Å²) >= 11 is 0. The van der Waals surface area contributed by atoms with Crippen LogP contribution in [0.15, 0.2) is 0 Å². The quantitative estimate of drug-likeness (QED) is 0.752. The molecule has 0 heterocycles. The van der Waals surface area contributed by atoms with Crippen LogP contribution in [0.3, 0.4) is 0 Å². The SMILES string of the molecule is NC1(C(F)(F)C(F)(F)C(F)(F)F)CCCC1. The zero-order valence-electron chi connectivity index (χ0n) is 8.05. The van der Waals surface area contributed by atoms with Gasteiger partial charge in [-0.05, 0) is 12.8 Å². The van der Waals surface area contributed by atoms with Crippen molar-refractivity contribution in [2.45, 2.75) is 49.2 Å². The molecule has 1 aliphatic carbocycles. The molecule has 0 radical (unpaired) electrons. The van der Waals surface area contributed by atoms with Gasteiger partial charge in [-0.1, -0.05) is 12.8 Å². The molecule has 2 N–H and O–H groups in total. The molecule has 0 aromatic carbocycles. The molecule has 0 saturated heterocycles. The summed E-state index contributed by atoms with van der Waals surface area (Å²) in [6.45, 7) is 0. The van der Waals surface area contributed by atoms with Crippen LogP contribution in [-0.4, -0.2) is 23.6 Å². The van der Waals surface area contributed by atoms with Crippen LogP contribution in [-0.2, 0) is 0 Å². The van der Waals surface area contributed by atoms with Crippen LogP contribution in [0, 0.1) is 0 Å². The second kappa shape index (κ2) is 3.48. The molecule has 16 heavy (non-hydrogen) atoms. The van der Waals surface area contributed by atoms with Crippen molar-refractivity contribution in [3.05, 3.63) is 0 Å². The monoisotopic (exact) mass is 253 g/mol. The van der Waals surface area contributed by atoms with Crippen molar-refractivity contribution in [1.29, 1.82) is 0 Å². The van der Waals surface area contributed by atoms with Gasteiger partial charge >= 0.3 is 18.0 Å². The lowest BCUT2D eigenvalue weighted by molar-refractivity contribution is -0.368. The molecule has 0 aliphatic heterocycles. The van der Waals surface area contributed by atoms with Crippen molar-refractivity contribution in [3.8, 4) is 0 Å². The molecule has 0 bridgehead atoms. The Labute approximate surface area is 86.8 Å². The van der Waals surface area contributed by atoms with E-state index in [2.05, 4.69) is 0 Å². The number of hydrogen-bond acceptors (Lipinski definition) is 1. The molecule has 1 fully saturated rings. The Morgan fingerprint density at radius 1 is 0.812 bits per heavy atom. The topological polar surface area (TPSA) is 26.0 Å². The molecule has 0 atom stereocenters. The van der Waals surface area contributed by atoms with Crippen LogP contribution in [0.25, 0.3) is 0 Å². The van der Waals surface area contributed by atoms with E-state index in [1.807, 2.05) is 0 Å². The second-order valence-corrected chi connectivity index (χ2v) is 4.01. The minimum Gasteiger partial charge on any atom is -0.320 e. The van der Waals surface area contributed by atoms with Crippen LogP contribution in [0.4, 0.5) is 30.7 Å². The van der Waals surface area contributed by atoms with Crippen molar-refractivity contribution in [2.24, 2.45) is 5.73 Å². The third kappa shape index (κ3) is 1.66. The van der Waals surface area contributed by atoms with Crippen LogP contribution >= 0.6 is 0 Å². The van der Waals surface area contributed by atoms with Crippen LogP contribution in [0.5, 0.6) is 0 Å². The summed E-state index contributed by atoms with van der Waals surface area (Å²) in [4.78, 5) is 0. The Morgan fingerprint density at radius 2 is 1.19 bits per heavy atom. The van der Waals surface area contributed by atoms with Crippen molar-refractivity contribution in [3.63, 3.8) is 0 Å². The zero-order chi connectivity index (χ0) is 12.8. The maximum absolute atomic E-state index is 13.2. The Balaban J connectivity index is 3.10. The first kappa shape index (κ1) is 13.5. The Hall–Kier alpha value is -0.530. The molecular formula is C8H10F7N. The van der Waals surface area contributed by atoms with E-state index in [1.54, 1.807) is 0 Å². The fourth-order valence-electron chi connectivity index (χ4n) is 1.81. The Kier molecular flexibility index (Phi) is 2.94. The Morgan fingerprint density at radius 3 is 1.50 bits per heavy atom. The Bertz CT molecular complexity index is 264. The molecule has 1 saturated carbocycles. The first-order valence-electron chi connectivity index (χ1n) is 4.57. The van der Waals surface area contributed by atoms with Crippen molar-refractivity contribution in [2.75, 3.05) is 0 Å². The zero-order valence-corrected chi connectivity index (χ0v) is 8.05. The summed E-state index contributed by atoms with van der Waals surface area (Å²) in [7, 11) is 0. The minimum absolute atomic E-state index is 0.125. The first-order chi connectivity index (χ1) is 6.96. The van der Waals surface area contributed by atoms with E-state index in [-0.39, 0.29) is 12.8 Å². The molecule has 0 unspecified atom stereocenters. The molecule has 1 aliphatic rings. The normalized spacial score (nSPS) is 22.5. The van der Waals surface area contributed by atoms with Crippen molar-refractivity contribution in [1.82, 2.24) is 0 Å². The summed E-state index contributed by atoms with van der Waals surface area (Å²) in [5.74, 6) is -11.4. The lowest BCUT2D eigenvalue weighted by Gasteiger charge is -2.38. The summed E-state index contributed by atoms with van der Waals surface area (Å²) < 4.78 is 87.3. The van der Waals surface area contributed by atoms with Crippen molar-refractivity contribution >= 4 is 0 Å². The van der Waals surface area contributed by atoms with Gasteiger partial charge < -0.3 is 5.73 Å². The van der Waals surface area contributed by atoms with E-state index in [4.69, 9.17) is 5.73 Å². The van der Waals surface area contributed by atoms with E-state index in [0.717, 1.165) is 0 Å². The first-order valence-corrected chi connectivity index (χ1v) is 4.57.